The number of anilines is 3. The molecule has 2 aliphatic rings. The molecule has 196 valence electrons. The summed E-state index contributed by atoms with van der Waals surface area (Å²) in [6, 6.07) is 8.96. The van der Waals surface area contributed by atoms with Crippen LogP contribution in [-0.2, 0) is 12.7 Å². The van der Waals surface area contributed by atoms with Gasteiger partial charge in [0.2, 0.25) is 5.95 Å². The van der Waals surface area contributed by atoms with Gasteiger partial charge < -0.3 is 15.7 Å². The lowest BCUT2D eigenvalue weighted by Gasteiger charge is -2.27. The predicted octanol–water partition coefficient (Wildman–Crippen LogP) is 5.61. The molecule has 10 heteroatoms. The van der Waals surface area contributed by atoms with E-state index in [1.807, 2.05) is 12.3 Å². The largest absolute Gasteiger partial charge is 0.416 e. The Labute approximate surface area is 214 Å². The van der Waals surface area contributed by atoms with Gasteiger partial charge in [-0.3, -0.25) is 9.88 Å². The van der Waals surface area contributed by atoms with Crippen LogP contribution in [0.5, 0.6) is 0 Å². The van der Waals surface area contributed by atoms with Crippen molar-refractivity contribution in [3.63, 3.8) is 0 Å². The Kier molecular flexibility index (Phi) is 7.57. The van der Waals surface area contributed by atoms with Crippen molar-refractivity contribution < 1.29 is 18.3 Å². The van der Waals surface area contributed by atoms with Gasteiger partial charge in [0, 0.05) is 30.7 Å². The number of likely N-dealkylation sites (tertiary alicyclic amines) is 1. The standard InChI is InChI=1S/C27H31F3N6O/c28-27(29,30)19-4-6-21(7-5-19)34-26-32-16-23(25(35-26)33-20-8-10-22(37)11-9-20)24-12-3-18(15-31-24)17-36-13-1-2-14-36/h3-7,12,15-16,20,22,37H,1-2,8-11,13-14,17H2,(H2,32,33,34,35). The molecule has 0 radical (unpaired) electrons. The minimum atomic E-state index is -4.39. The minimum Gasteiger partial charge on any atom is -0.393 e. The van der Waals surface area contributed by atoms with Crippen molar-refractivity contribution in [2.45, 2.75) is 63.4 Å². The highest BCUT2D eigenvalue weighted by Crippen LogP contribution is 2.32. The summed E-state index contributed by atoms with van der Waals surface area (Å²) < 4.78 is 38.7. The summed E-state index contributed by atoms with van der Waals surface area (Å²) >= 11 is 0. The van der Waals surface area contributed by atoms with E-state index in [0.717, 1.165) is 74.3 Å². The first-order valence-corrected chi connectivity index (χ1v) is 12.8. The van der Waals surface area contributed by atoms with E-state index in [1.165, 1.54) is 25.0 Å². The number of alkyl halides is 3. The third-order valence-corrected chi connectivity index (χ3v) is 7.00. The number of nitrogens with zero attached hydrogens (tertiary/aromatic N) is 4. The maximum Gasteiger partial charge on any atom is 0.416 e. The Bertz CT molecular complexity index is 1170. The number of hydrogen-bond donors (Lipinski definition) is 3. The molecule has 2 fully saturated rings. The number of halogens is 3. The van der Waals surface area contributed by atoms with Gasteiger partial charge in [0.25, 0.3) is 0 Å². The van der Waals surface area contributed by atoms with Crippen LogP contribution in [0.25, 0.3) is 11.3 Å². The molecule has 1 aliphatic carbocycles. The second-order valence-electron chi connectivity index (χ2n) is 9.84. The van der Waals surface area contributed by atoms with Gasteiger partial charge in [-0.2, -0.15) is 18.2 Å². The molecule has 37 heavy (non-hydrogen) atoms. The van der Waals surface area contributed by atoms with Crippen molar-refractivity contribution >= 4 is 17.5 Å². The van der Waals surface area contributed by atoms with Gasteiger partial charge in [0.15, 0.2) is 0 Å². The molecule has 3 aromatic rings. The van der Waals surface area contributed by atoms with Crippen molar-refractivity contribution in [3.05, 3.63) is 59.9 Å². The Morgan fingerprint density at radius 2 is 1.65 bits per heavy atom. The van der Waals surface area contributed by atoms with Crippen LogP contribution in [0.3, 0.4) is 0 Å². The van der Waals surface area contributed by atoms with Gasteiger partial charge in [0.1, 0.15) is 5.82 Å². The number of rotatable bonds is 7. The first-order valence-electron chi connectivity index (χ1n) is 12.8. The van der Waals surface area contributed by atoms with Crippen LogP contribution >= 0.6 is 0 Å². The van der Waals surface area contributed by atoms with Crippen LogP contribution in [0.2, 0.25) is 0 Å². The zero-order valence-electron chi connectivity index (χ0n) is 20.5. The molecule has 0 amide bonds. The smallest absolute Gasteiger partial charge is 0.393 e. The lowest BCUT2D eigenvalue weighted by molar-refractivity contribution is -0.137. The SMILES string of the molecule is OC1CCC(Nc2nc(Nc3ccc(C(F)(F)F)cc3)ncc2-c2ccc(CN3CCCC3)cn2)CC1. The van der Waals surface area contributed by atoms with E-state index in [9.17, 15) is 18.3 Å². The molecule has 5 rings (SSSR count). The van der Waals surface area contributed by atoms with Gasteiger partial charge in [-0.15, -0.1) is 0 Å². The summed E-state index contributed by atoms with van der Waals surface area (Å²) in [6.07, 6.45) is 4.46. The van der Waals surface area contributed by atoms with E-state index in [1.54, 1.807) is 6.20 Å². The molecule has 0 atom stereocenters. The molecule has 1 aliphatic heterocycles. The summed E-state index contributed by atoms with van der Waals surface area (Å²) in [5.74, 6) is 0.873. The molecule has 1 saturated heterocycles. The average Bonchev–Trinajstić information content (AvgIpc) is 3.39. The number of pyridine rings is 1. The number of hydrogen-bond acceptors (Lipinski definition) is 7. The highest BCUT2D eigenvalue weighted by molar-refractivity contribution is 5.73. The van der Waals surface area contributed by atoms with Crippen molar-refractivity contribution in [1.82, 2.24) is 19.9 Å². The van der Waals surface area contributed by atoms with E-state index in [2.05, 4.69) is 36.6 Å². The van der Waals surface area contributed by atoms with Gasteiger partial charge in [0.05, 0.1) is 22.9 Å². The lowest BCUT2D eigenvalue weighted by Crippen LogP contribution is -2.29. The molecule has 7 nitrogen and oxygen atoms in total. The number of aliphatic hydroxyl groups excluding tert-OH is 1. The lowest BCUT2D eigenvalue weighted by atomic mass is 9.93. The van der Waals surface area contributed by atoms with E-state index in [-0.39, 0.29) is 18.1 Å². The van der Waals surface area contributed by atoms with Gasteiger partial charge in [-0.05, 0) is 87.5 Å². The van der Waals surface area contributed by atoms with Crippen LogP contribution in [0.1, 0.15) is 49.7 Å². The molecule has 2 aromatic heterocycles. The van der Waals surface area contributed by atoms with Gasteiger partial charge in [-0.1, -0.05) is 6.07 Å². The summed E-state index contributed by atoms with van der Waals surface area (Å²) in [5, 5.41) is 16.4. The Hall–Kier alpha value is -3.24. The topological polar surface area (TPSA) is 86.2 Å². The summed E-state index contributed by atoms with van der Waals surface area (Å²) in [6.45, 7) is 3.12. The zero-order chi connectivity index (χ0) is 25.8. The molecule has 1 saturated carbocycles. The van der Waals surface area contributed by atoms with Crippen LogP contribution in [-0.4, -0.2) is 50.2 Å². The summed E-state index contributed by atoms with van der Waals surface area (Å²) in [4.78, 5) is 16.2. The second kappa shape index (κ2) is 11.0. The number of aromatic nitrogens is 3. The quantitative estimate of drug-likeness (QED) is 0.379. The number of benzene rings is 1. The third-order valence-electron chi connectivity index (χ3n) is 7.00. The number of aliphatic hydroxyl groups is 1. The molecule has 1 aromatic carbocycles. The first-order chi connectivity index (χ1) is 17.8. The van der Waals surface area contributed by atoms with Gasteiger partial charge >= 0.3 is 6.18 Å². The maximum absolute atomic E-state index is 12.9. The van der Waals surface area contributed by atoms with Crippen LogP contribution < -0.4 is 10.6 Å². The predicted molar refractivity (Wildman–Crippen MR) is 136 cm³/mol. The zero-order valence-corrected chi connectivity index (χ0v) is 20.5. The molecular formula is C27H31F3N6O. The maximum atomic E-state index is 12.9. The Balaban J connectivity index is 1.37. The monoisotopic (exact) mass is 512 g/mol. The normalized spacial score (nSPS) is 20.6. The molecule has 0 bridgehead atoms. The molecular weight excluding hydrogens is 481 g/mol. The average molecular weight is 513 g/mol. The van der Waals surface area contributed by atoms with E-state index in [0.29, 0.717) is 11.5 Å². The highest BCUT2D eigenvalue weighted by atomic mass is 19.4. The van der Waals surface area contributed by atoms with Crippen molar-refractivity contribution in [1.29, 1.82) is 0 Å². The third kappa shape index (κ3) is 6.56. The van der Waals surface area contributed by atoms with E-state index in [4.69, 9.17) is 0 Å². The second-order valence-corrected chi connectivity index (χ2v) is 9.84. The van der Waals surface area contributed by atoms with Gasteiger partial charge in [-0.25, -0.2) is 4.98 Å². The fourth-order valence-corrected chi connectivity index (χ4v) is 4.90. The molecule has 0 spiro atoms. The minimum absolute atomic E-state index is 0.144. The van der Waals surface area contributed by atoms with Crippen molar-refractivity contribution in [3.8, 4) is 11.3 Å². The summed E-state index contributed by atoms with van der Waals surface area (Å²) in [5.41, 5.74) is 2.39. The molecule has 3 heterocycles. The van der Waals surface area contributed by atoms with Crippen LogP contribution in [0.15, 0.2) is 48.8 Å². The number of nitrogens with one attached hydrogen (secondary N) is 2. The fourth-order valence-electron chi connectivity index (χ4n) is 4.90. The Morgan fingerprint density at radius 3 is 2.30 bits per heavy atom. The first kappa shape index (κ1) is 25.4. The van der Waals surface area contributed by atoms with Crippen molar-refractivity contribution in [2.24, 2.45) is 0 Å². The van der Waals surface area contributed by atoms with Crippen LogP contribution in [0.4, 0.5) is 30.6 Å². The Morgan fingerprint density at radius 1 is 0.919 bits per heavy atom. The van der Waals surface area contributed by atoms with Crippen LogP contribution in [0, 0.1) is 0 Å². The molecule has 0 unspecified atom stereocenters. The summed E-state index contributed by atoms with van der Waals surface area (Å²) in [7, 11) is 0. The van der Waals surface area contributed by atoms with E-state index < -0.39 is 11.7 Å². The fraction of sp³-hybridized carbons (Fsp3) is 0.444. The van der Waals surface area contributed by atoms with Crippen molar-refractivity contribution in [2.75, 3.05) is 23.7 Å². The van der Waals surface area contributed by atoms with E-state index >= 15 is 0 Å². The highest BCUT2D eigenvalue weighted by Gasteiger charge is 2.30. The molecule has 3 N–H and O–H groups in total.